The van der Waals surface area contributed by atoms with E-state index in [1.807, 2.05) is 95.3 Å². The third kappa shape index (κ3) is 5.31. The second-order valence-electron chi connectivity index (χ2n) is 14.0. The number of aromatic amines is 2. The summed E-state index contributed by atoms with van der Waals surface area (Å²) in [5, 5.41) is 0. The molecule has 2 aliphatic rings. The summed E-state index contributed by atoms with van der Waals surface area (Å²) in [5.41, 5.74) is 17.1. The maximum Gasteiger partial charge on any atom is 0.209 e. The van der Waals surface area contributed by atoms with Crippen LogP contribution in [0.25, 0.3) is 22.1 Å². The van der Waals surface area contributed by atoms with Crippen LogP contribution in [0.15, 0.2) is 82.8 Å². The largest absolute Gasteiger partial charge is 0.342 e. The van der Waals surface area contributed by atoms with E-state index in [9.17, 15) is 9.59 Å². The van der Waals surface area contributed by atoms with Gasteiger partial charge in [-0.3, -0.25) is 9.59 Å². The lowest BCUT2D eigenvalue weighted by atomic mass is 9.67. The number of H-pyrrole nitrogens is 2. The average molecular weight is 648 g/mol. The number of nitrogens with zero attached hydrogens (tertiary/aromatic N) is 4. The molecule has 4 N–H and O–H groups in total. The first-order valence-electron chi connectivity index (χ1n) is 16.6. The summed E-state index contributed by atoms with van der Waals surface area (Å²) in [5.74, 6) is -0.255. The summed E-state index contributed by atoms with van der Waals surface area (Å²) in [6.45, 7) is 9.90. The third-order valence-corrected chi connectivity index (χ3v) is 10.1. The Labute approximate surface area is 283 Å². The van der Waals surface area contributed by atoms with Crippen molar-refractivity contribution in [1.82, 2.24) is 19.9 Å². The van der Waals surface area contributed by atoms with Gasteiger partial charge >= 0.3 is 0 Å². The Kier molecular flexibility index (Phi) is 7.08. The minimum atomic E-state index is -1.22. The summed E-state index contributed by atoms with van der Waals surface area (Å²) in [6.07, 6.45) is 0.587. The summed E-state index contributed by atoms with van der Waals surface area (Å²) in [4.78, 5) is 55.1. The Morgan fingerprint density at radius 3 is 1.43 bits per heavy atom. The number of aryl methyl sites for hydroxylation is 4. The monoisotopic (exact) mass is 647 g/mol. The Bertz CT molecular complexity index is 2260. The van der Waals surface area contributed by atoms with Gasteiger partial charge in [0.2, 0.25) is 11.6 Å². The second-order valence-corrected chi connectivity index (χ2v) is 14.0. The number of nitrogens with one attached hydrogen (secondary N) is 2. The van der Waals surface area contributed by atoms with Gasteiger partial charge in [0.15, 0.2) is 0 Å². The maximum atomic E-state index is 14.2. The van der Waals surface area contributed by atoms with Gasteiger partial charge < -0.3 is 15.7 Å². The molecule has 0 saturated carbocycles. The number of aromatic nitrogens is 4. The predicted octanol–water partition coefficient (Wildman–Crippen LogP) is 7.35. The molecule has 0 fully saturated rings. The lowest BCUT2D eigenvalue weighted by Gasteiger charge is -2.40. The van der Waals surface area contributed by atoms with E-state index in [2.05, 4.69) is 22.1 Å². The van der Waals surface area contributed by atoms with Crippen LogP contribution in [0.1, 0.15) is 61.5 Å². The van der Waals surface area contributed by atoms with Crippen LogP contribution in [0.4, 0.5) is 11.4 Å². The first-order chi connectivity index (χ1) is 23.4. The van der Waals surface area contributed by atoms with E-state index in [0.29, 0.717) is 58.4 Å². The fraction of sp³-hybridized carbons (Fsp3) is 0.250. The molecule has 9 heteroatoms. The van der Waals surface area contributed by atoms with E-state index in [4.69, 9.17) is 25.7 Å². The van der Waals surface area contributed by atoms with Crippen molar-refractivity contribution >= 4 is 56.4 Å². The van der Waals surface area contributed by atoms with Gasteiger partial charge in [-0.1, -0.05) is 35.4 Å². The van der Waals surface area contributed by atoms with Gasteiger partial charge in [-0.05, 0) is 94.3 Å². The number of aliphatic imine (C=N–C) groups is 2. The summed E-state index contributed by atoms with van der Waals surface area (Å²) in [7, 11) is 0. The highest BCUT2D eigenvalue weighted by molar-refractivity contribution is 6.52. The van der Waals surface area contributed by atoms with Gasteiger partial charge in [0, 0.05) is 41.3 Å². The SMILES string of the molecule is Cc1ccc2c(c1)C(=O)C(C(Cc1nc3ccc(C)cc3[nH]1)C(C)(N)C(Cc1nc3ccc(C)cc3[nH]1)C1=Nc3ccc(C)cc3C1=O)=N2. The van der Waals surface area contributed by atoms with Crippen molar-refractivity contribution in [2.75, 3.05) is 0 Å². The van der Waals surface area contributed by atoms with Crippen molar-refractivity contribution in [3.8, 4) is 0 Å². The Hall–Kier alpha value is -5.54. The molecule has 8 rings (SSSR count). The van der Waals surface area contributed by atoms with E-state index in [0.717, 1.165) is 44.3 Å². The molecule has 0 amide bonds. The van der Waals surface area contributed by atoms with Crippen molar-refractivity contribution < 1.29 is 9.59 Å². The first kappa shape index (κ1) is 30.8. The first-order valence-corrected chi connectivity index (χ1v) is 16.6. The van der Waals surface area contributed by atoms with E-state index >= 15 is 0 Å². The van der Waals surface area contributed by atoms with Crippen LogP contribution in [-0.4, -0.2) is 48.5 Å². The highest BCUT2D eigenvalue weighted by Crippen LogP contribution is 2.40. The maximum absolute atomic E-state index is 14.2. The zero-order valence-corrected chi connectivity index (χ0v) is 28.2. The number of benzene rings is 4. The molecule has 0 radical (unpaired) electrons. The van der Waals surface area contributed by atoms with E-state index in [1.165, 1.54) is 0 Å². The van der Waals surface area contributed by atoms with E-state index < -0.39 is 17.4 Å². The predicted molar refractivity (Wildman–Crippen MR) is 194 cm³/mol. The topological polar surface area (TPSA) is 142 Å². The van der Waals surface area contributed by atoms with Gasteiger partial charge in [-0.25, -0.2) is 20.0 Å². The Balaban J connectivity index is 1.27. The lowest BCUT2D eigenvalue weighted by Crippen LogP contribution is -2.59. The normalized spacial score (nSPS) is 16.4. The van der Waals surface area contributed by atoms with Crippen molar-refractivity contribution in [1.29, 1.82) is 0 Å². The number of rotatable bonds is 8. The molecule has 0 bridgehead atoms. The van der Waals surface area contributed by atoms with Crippen molar-refractivity contribution in [2.24, 2.45) is 27.6 Å². The summed E-state index contributed by atoms with van der Waals surface area (Å²) in [6, 6.07) is 23.5. The standard InChI is InChI=1S/C40H37N7O2/c1-20-6-10-28-24(14-20)38(48)36(46-28)26(18-34-42-30-12-8-22(3)16-32(30)44-34)40(5,41)27(19-35-43-31-13-9-23(4)17-33(31)45-35)37-39(49)25-15-21(2)7-11-29(25)47-37/h6-17,26-27H,18-19,41H2,1-5H3,(H,42,44)(H,43,45). The number of nitrogens with two attached hydrogens (primary N) is 1. The molecule has 2 aromatic heterocycles. The molecule has 244 valence electrons. The highest BCUT2D eigenvalue weighted by atomic mass is 16.1. The minimum Gasteiger partial charge on any atom is -0.342 e. The molecular weight excluding hydrogens is 610 g/mol. The molecule has 0 saturated heterocycles. The van der Waals surface area contributed by atoms with E-state index in [1.54, 1.807) is 0 Å². The fourth-order valence-electron chi connectivity index (χ4n) is 7.37. The van der Waals surface area contributed by atoms with Crippen LogP contribution in [0, 0.1) is 39.5 Å². The average Bonchev–Trinajstić information content (AvgIpc) is 3.81. The zero-order chi connectivity index (χ0) is 34.2. The van der Waals surface area contributed by atoms with Crippen LogP contribution in [0.3, 0.4) is 0 Å². The molecule has 6 aromatic rings. The number of ketones is 2. The Morgan fingerprint density at radius 2 is 1.00 bits per heavy atom. The fourth-order valence-corrected chi connectivity index (χ4v) is 7.37. The molecule has 49 heavy (non-hydrogen) atoms. The van der Waals surface area contributed by atoms with Crippen LogP contribution >= 0.6 is 0 Å². The van der Waals surface area contributed by atoms with E-state index in [-0.39, 0.29) is 11.6 Å². The Morgan fingerprint density at radius 1 is 0.612 bits per heavy atom. The number of carbonyl (C=O) groups excluding carboxylic acids is 2. The van der Waals surface area contributed by atoms with Gasteiger partial charge in [-0.2, -0.15) is 0 Å². The molecule has 9 nitrogen and oxygen atoms in total. The minimum absolute atomic E-state index is 0.163. The van der Waals surface area contributed by atoms with Crippen molar-refractivity contribution in [3.05, 3.63) is 118 Å². The van der Waals surface area contributed by atoms with Crippen LogP contribution in [-0.2, 0) is 12.8 Å². The third-order valence-electron chi connectivity index (χ3n) is 10.1. The number of hydrogen-bond donors (Lipinski definition) is 3. The molecule has 4 aromatic carbocycles. The molecule has 2 atom stereocenters. The molecule has 0 aliphatic carbocycles. The highest BCUT2D eigenvalue weighted by Gasteiger charge is 2.49. The van der Waals surface area contributed by atoms with Gasteiger partial charge in [0.25, 0.3) is 0 Å². The van der Waals surface area contributed by atoms with Crippen molar-refractivity contribution in [3.63, 3.8) is 0 Å². The number of carbonyl (C=O) groups is 2. The van der Waals surface area contributed by atoms with Crippen molar-refractivity contribution in [2.45, 2.75) is 53.0 Å². The molecular formula is C40H37N7O2. The second kappa shape index (κ2) is 11.3. The summed E-state index contributed by atoms with van der Waals surface area (Å²) < 4.78 is 0. The van der Waals surface area contributed by atoms with Gasteiger partial charge in [0.05, 0.1) is 44.9 Å². The van der Waals surface area contributed by atoms with Gasteiger partial charge in [-0.15, -0.1) is 0 Å². The van der Waals surface area contributed by atoms with Gasteiger partial charge in [0.1, 0.15) is 11.6 Å². The number of Topliss-reactive ketones (excluding diaryl/α,β-unsaturated/α-hetero) is 2. The smallest absolute Gasteiger partial charge is 0.209 e. The number of hydrogen-bond acceptors (Lipinski definition) is 7. The van der Waals surface area contributed by atoms with Crippen LogP contribution in [0.2, 0.25) is 0 Å². The quantitative estimate of drug-likeness (QED) is 0.158. The number of fused-ring (bicyclic) bond motifs is 4. The molecule has 2 aliphatic heterocycles. The molecule has 2 unspecified atom stereocenters. The number of imidazole rings is 2. The molecule has 4 heterocycles. The van der Waals surface area contributed by atoms with Crippen LogP contribution in [0.5, 0.6) is 0 Å². The zero-order valence-electron chi connectivity index (χ0n) is 28.2. The van der Waals surface area contributed by atoms with Crippen LogP contribution < -0.4 is 5.73 Å². The molecule has 0 spiro atoms. The lowest BCUT2D eigenvalue weighted by molar-refractivity contribution is 0.105. The summed E-state index contributed by atoms with van der Waals surface area (Å²) >= 11 is 0.